The van der Waals surface area contributed by atoms with E-state index in [1.807, 2.05) is 12.3 Å². The van der Waals surface area contributed by atoms with E-state index in [2.05, 4.69) is 59.0 Å². The molecule has 1 atom stereocenters. The third kappa shape index (κ3) is 2.09. The fourth-order valence-corrected chi connectivity index (χ4v) is 2.82. The molecule has 18 heavy (non-hydrogen) atoms. The molecule has 0 fully saturated rings. The molecular weight excluding hydrogens is 240 g/mol. The lowest BCUT2D eigenvalue weighted by Gasteiger charge is -2.15. The van der Waals surface area contributed by atoms with Crippen LogP contribution in [0.25, 0.3) is 10.1 Å². The van der Waals surface area contributed by atoms with Gasteiger partial charge in [0.25, 0.3) is 0 Å². The maximum atomic E-state index is 4.44. The normalized spacial score (nSPS) is 12.5. The highest BCUT2D eigenvalue weighted by Gasteiger charge is 2.08. The SMILES string of the molecule is CC(Nc1nccc2sccc12)c1ccccc1. The molecule has 3 rings (SSSR count). The largest absolute Gasteiger partial charge is 0.363 e. The molecule has 0 spiro atoms. The maximum Gasteiger partial charge on any atom is 0.135 e. The van der Waals surface area contributed by atoms with Crippen LogP contribution >= 0.6 is 11.3 Å². The number of nitrogens with one attached hydrogen (secondary N) is 1. The second kappa shape index (κ2) is 4.78. The van der Waals surface area contributed by atoms with Crippen molar-refractivity contribution in [3.05, 3.63) is 59.6 Å². The molecule has 90 valence electrons. The number of benzene rings is 1. The van der Waals surface area contributed by atoms with Crippen molar-refractivity contribution >= 4 is 27.2 Å². The summed E-state index contributed by atoms with van der Waals surface area (Å²) in [5.74, 6) is 0.963. The molecule has 1 N–H and O–H groups in total. The Morgan fingerprint density at radius 3 is 2.78 bits per heavy atom. The summed E-state index contributed by atoms with van der Waals surface area (Å²) in [7, 11) is 0. The minimum Gasteiger partial charge on any atom is -0.363 e. The first-order chi connectivity index (χ1) is 8.84. The summed E-state index contributed by atoms with van der Waals surface area (Å²) in [4.78, 5) is 4.44. The molecule has 0 aliphatic carbocycles. The topological polar surface area (TPSA) is 24.9 Å². The van der Waals surface area contributed by atoms with Gasteiger partial charge in [-0.05, 0) is 30.0 Å². The van der Waals surface area contributed by atoms with E-state index in [1.54, 1.807) is 11.3 Å². The van der Waals surface area contributed by atoms with Crippen LogP contribution in [-0.2, 0) is 0 Å². The van der Waals surface area contributed by atoms with E-state index in [1.165, 1.54) is 15.6 Å². The van der Waals surface area contributed by atoms with Gasteiger partial charge in [0.15, 0.2) is 0 Å². The summed E-state index contributed by atoms with van der Waals surface area (Å²) >= 11 is 1.74. The van der Waals surface area contributed by atoms with Crippen molar-refractivity contribution in [3.8, 4) is 0 Å². The number of pyridine rings is 1. The second-order valence-electron chi connectivity index (χ2n) is 4.27. The lowest BCUT2D eigenvalue weighted by molar-refractivity contribution is 0.878. The van der Waals surface area contributed by atoms with Crippen LogP contribution in [-0.4, -0.2) is 4.98 Å². The Morgan fingerprint density at radius 2 is 1.94 bits per heavy atom. The fraction of sp³-hybridized carbons (Fsp3) is 0.133. The molecule has 2 nitrogen and oxygen atoms in total. The summed E-state index contributed by atoms with van der Waals surface area (Å²) in [6, 6.07) is 14.8. The van der Waals surface area contributed by atoms with Crippen LogP contribution in [0.3, 0.4) is 0 Å². The van der Waals surface area contributed by atoms with Gasteiger partial charge in [-0.1, -0.05) is 30.3 Å². The number of hydrogen-bond acceptors (Lipinski definition) is 3. The molecule has 0 amide bonds. The quantitative estimate of drug-likeness (QED) is 0.746. The van der Waals surface area contributed by atoms with Crippen molar-refractivity contribution < 1.29 is 0 Å². The van der Waals surface area contributed by atoms with Crippen LogP contribution in [0.1, 0.15) is 18.5 Å². The van der Waals surface area contributed by atoms with E-state index in [0.29, 0.717) is 0 Å². The van der Waals surface area contributed by atoms with Gasteiger partial charge < -0.3 is 5.32 Å². The second-order valence-corrected chi connectivity index (χ2v) is 5.22. The van der Waals surface area contributed by atoms with Crippen LogP contribution in [0.5, 0.6) is 0 Å². The van der Waals surface area contributed by atoms with Crippen molar-refractivity contribution in [3.63, 3.8) is 0 Å². The molecule has 1 unspecified atom stereocenters. The molecule has 0 radical (unpaired) electrons. The summed E-state index contributed by atoms with van der Waals surface area (Å²) < 4.78 is 1.27. The predicted octanol–water partition coefficient (Wildman–Crippen LogP) is 4.47. The fourth-order valence-electron chi connectivity index (χ4n) is 2.04. The van der Waals surface area contributed by atoms with Gasteiger partial charge in [0, 0.05) is 22.3 Å². The molecule has 2 heterocycles. The van der Waals surface area contributed by atoms with Gasteiger partial charge >= 0.3 is 0 Å². The smallest absolute Gasteiger partial charge is 0.135 e. The molecule has 0 saturated carbocycles. The van der Waals surface area contributed by atoms with Crippen LogP contribution < -0.4 is 5.32 Å². The first-order valence-electron chi connectivity index (χ1n) is 5.98. The van der Waals surface area contributed by atoms with Gasteiger partial charge in [0.05, 0.1) is 0 Å². The third-order valence-corrected chi connectivity index (χ3v) is 3.91. The zero-order valence-electron chi connectivity index (χ0n) is 10.1. The molecule has 1 aromatic carbocycles. The highest BCUT2D eigenvalue weighted by Crippen LogP contribution is 2.28. The number of aromatic nitrogens is 1. The van der Waals surface area contributed by atoms with Crippen LogP contribution in [0.4, 0.5) is 5.82 Å². The summed E-state index contributed by atoms with van der Waals surface area (Å²) in [5.41, 5.74) is 1.27. The molecule has 2 aromatic heterocycles. The van der Waals surface area contributed by atoms with Gasteiger partial charge in [-0.25, -0.2) is 4.98 Å². The first-order valence-corrected chi connectivity index (χ1v) is 6.86. The summed E-state index contributed by atoms with van der Waals surface area (Å²) in [5, 5.41) is 6.78. The first kappa shape index (κ1) is 11.2. The molecule has 0 saturated heterocycles. The zero-order chi connectivity index (χ0) is 12.4. The van der Waals surface area contributed by atoms with Crippen molar-refractivity contribution in [2.24, 2.45) is 0 Å². The average molecular weight is 254 g/mol. The molecule has 0 aliphatic rings. The Kier molecular flexibility index (Phi) is 2.99. The van der Waals surface area contributed by atoms with E-state index >= 15 is 0 Å². The van der Waals surface area contributed by atoms with Gasteiger partial charge in [-0.2, -0.15) is 0 Å². The number of anilines is 1. The Morgan fingerprint density at radius 1 is 1.11 bits per heavy atom. The summed E-state index contributed by atoms with van der Waals surface area (Å²) in [6.07, 6.45) is 1.86. The van der Waals surface area contributed by atoms with Crippen LogP contribution in [0, 0.1) is 0 Å². The third-order valence-electron chi connectivity index (χ3n) is 3.03. The van der Waals surface area contributed by atoms with Gasteiger partial charge in [-0.15, -0.1) is 11.3 Å². The average Bonchev–Trinajstić information content (AvgIpc) is 2.89. The molecule has 3 heteroatoms. The van der Waals surface area contributed by atoms with Gasteiger partial charge in [0.1, 0.15) is 5.82 Å². The molecule has 0 bridgehead atoms. The van der Waals surface area contributed by atoms with Crippen molar-refractivity contribution in [1.29, 1.82) is 0 Å². The molecule has 3 aromatic rings. The van der Waals surface area contributed by atoms with Crippen LogP contribution in [0.15, 0.2) is 54.0 Å². The molecular formula is C15H14N2S. The van der Waals surface area contributed by atoms with E-state index in [0.717, 1.165) is 5.82 Å². The highest BCUT2D eigenvalue weighted by molar-refractivity contribution is 7.17. The minimum atomic E-state index is 0.254. The minimum absolute atomic E-state index is 0.254. The van der Waals surface area contributed by atoms with E-state index in [9.17, 15) is 0 Å². The van der Waals surface area contributed by atoms with E-state index in [4.69, 9.17) is 0 Å². The number of nitrogens with zero attached hydrogens (tertiary/aromatic N) is 1. The van der Waals surface area contributed by atoms with Crippen molar-refractivity contribution in [2.75, 3.05) is 5.32 Å². The maximum absolute atomic E-state index is 4.44. The molecule has 0 aliphatic heterocycles. The van der Waals surface area contributed by atoms with Gasteiger partial charge in [-0.3, -0.25) is 0 Å². The van der Waals surface area contributed by atoms with Crippen molar-refractivity contribution in [1.82, 2.24) is 4.98 Å². The van der Waals surface area contributed by atoms with Crippen LogP contribution in [0.2, 0.25) is 0 Å². The monoisotopic (exact) mass is 254 g/mol. The van der Waals surface area contributed by atoms with Crippen molar-refractivity contribution in [2.45, 2.75) is 13.0 Å². The van der Waals surface area contributed by atoms with E-state index in [-0.39, 0.29) is 6.04 Å². The van der Waals surface area contributed by atoms with E-state index < -0.39 is 0 Å². The number of rotatable bonds is 3. The van der Waals surface area contributed by atoms with Gasteiger partial charge in [0.2, 0.25) is 0 Å². The Bertz CT molecular complexity index is 646. The standard InChI is InChI=1S/C15H14N2S/c1-11(12-5-3-2-4-6-12)17-15-13-8-10-18-14(13)7-9-16-15/h2-11H,1H3,(H,16,17). The lowest BCUT2D eigenvalue weighted by atomic mass is 10.1. The number of thiophene rings is 1. The lowest BCUT2D eigenvalue weighted by Crippen LogP contribution is -2.07. The Hall–Kier alpha value is -1.87. The Balaban J connectivity index is 1.91. The summed E-state index contributed by atoms with van der Waals surface area (Å²) in [6.45, 7) is 2.15. The highest BCUT2D eigenvalue weighted by atomic mass is 32.1. The zero-order valence-corrected chi connectivity index (χ0v) is 10.9. The number of fused-ring (bicyclic) bond motifs is 1. The predicted molar refractivity (Wildman–Crippen MR) is 78.1 cm³/mol. The number of hydrogen-bond donors (Lipinski definition) is 1. The Labute approximate surface area is 110 Å².